The summed E-state index contributed by atoms with van der Waals surface area (Å²) in [6.07, 6.45) is 4.56. The molecule has 1 saturated heterocycles. The van der Waals surface area contributed by atoms with Crippen molar-refractivity contribution in [1.82, 2.24) is 9.88 Å². The van der Waals surface area contributed by atoms with Crippen LogP contribution in [0.1, 0.15) is 18.0 Å². The molecule has 2 amide bonds. The van der Waals surface area contributed by atoms with Crippen molar-refractivity contribution in [3.05, 3.63) is 72.6 Å². The van der Waals surface area contributed by atoms with Gasteiger partial charge in [-0.25, -0.2) is 4.79 Å². The van der Waals surface area contributed by atoms with Gasteiger partial charge in [0.1, 0.15) is 0 Å². The van der Waals surface area contributed by atoms with E-state index >= 15 is 0 Å². The number of fused-ring (bicyclic) bond motifs is 1. The SMILES string of the molecule is O=C(Nc1cccc2cnccc12)N1CC[C@@H]1c1ccccc1. The minimum Gasteiger partial charge on any atom is -0.317 e. The van der Waals surface area contributed by atoms with Gasteiger partial charge < -0.3 is 10.2 Å². The van der Waals surface area contributed by atoms with Crippen molar-refractivity contribution in [1.29, 1.82) is 0 Å². The third-order valence-corrected chi connectivity index (χ3v) is 4.39. The van der Waals surface area contributed by atoms with Gasteiger partial charge >= 0.3 is 6.03 Å². The molecule has 0 radical (unpaired) electrons. The quantitative estimate of drug-likeness (QED) is 0.770. The van der Waals surface area contributed by atoms with E-state index in [1.54, 1.807) is 12.4 Å². The fourth-order valence-corrected chi connectivity index (χ4v) is 3.07. The molecule has 1 fully saturated rings. The molecule has 4 heteroatoms. The molecular weight excluding hydrogens is 286 g/mol. The average Bonchev–Trinajstić information content (AvgIpc) is 2.55. The third-order valence-electron chi connectivity index (χ3n) is 4.39. The summed E-state index contributed by atoms with van der Waals surface area (Å²) in [5, 5.41) is 5.07. The topological polar surface area (TPSA) is 45.2 Å². The smallest absolute Gasteiger partial charge is 0.317 e. The van der Waals surface area contributed by atoms with E-state index < -0.39 is 0 Å². The first-order valence-corrected chi connectivity index (χ1v) is 7.78. The Morgan fingerprint density at radius 2 is 1.96 bits per heavy atom. The van der Waals surface area contributed by atoms with E-state index in [0.717, 1.165) is 29.4 Å². The number of carbonyl (C=O) groups is 1. The monoisotopic (exact) mass is 303 g/mol. The van der Waals surface area contributed by atoms with E-state index in [1.165, 1.54) is 5.56 Å². The van der Waals surface area contributed by atoms with Gasteiger partial charge in [0, 0.05) is 29.7 Å². The Kier molecular flexibility index (Phi) is 3.42. The number of benzene rings is 2. The van der Waals surface area contributed by atoms with Crippen LogP contribution in [-0.4, -0.2) is 22.5 Å². The van der Waals surface area contributed by atoms with E-state index in [9.17, 15) is 4.79 Å². The van der Waals surface area contributed by atoms with E-state index in [-0.39, 0.29) is 12.1 Å². The largest absolute Gasteiger partial charge is 0.322 e. The minimum absolute atomic E-state index is 0.0468. The van der Waals surface area contributed by atoms with Crippen molar-refractivity contribution < 1.29 is 4.79 Å². The highest BCUT2D eigenvalue weighted by Gasteiger charge is 2.33. The van der Waals surface area contributed by atoms with E-state index in [2.05, 4.69) is 22.4 Å². The van der Waals surface area contributed by atoms with Crippen LogP contribution in [0.4, 0.5) is 10.5 Å². The third kappa shape index (κ3) is 2.52. The first-order valence-electron chi connectivity index (χ1n) is 7.78. The van der Waals surface area contributed by atoms with E-state index in [1.807, 2.05) is 47.4 Å². The summed E-state index contributed by atoms with van der Waals surface area (Å²) >= 11 is 0. The zero-order valence-corrected chi connectivity index (χ0v) is 12.6. The summed E-state index contributed by atoms with van der Waals surface area (Å²) in [5.74, 6) is 0. The number of likely N-dealkylation sites (tertiary alicyclic amines) is 1. The van der Waals surface area contributed by atoms with E-state index in [4.69, 9.17) is 0 Å². The summed E-state index contributed by atoms with van der Waals surface area (Å²) in [7, 11) is 0. The molecule has 0 aliphatic carbocycles. The molecule has 2 aromatic carbocycles. The molecule has 0 saturated carbocycles. The molecule has 114 valence electrons. The second-order valence-corrected chi connectivity index (χ2v) is 5.74. The summed E-state index contributed by atoms with van der Waals surface area (Å²) in [6, 6.07) is 18.1. The molecule has 23 heavy (non-hydrogen) atoms. The Morgan fingerprint density at radius 1 is 1.09 bits per heavy atom. The Morgan fingerprint density at radius 3 is 2.74 bits per heavy atom. The van der Waals surface area contributed by atoms with Crippen molar-refractivity contribution >= 4 is 22.5 Å². The van der Waals surface area contributed by atoms with Crippen LogP contribution in [0.2, 0.25) is 0 Å². The molecule has 0 bridgehead atoms. The molecule has 1 atom stereocenters. The van der Waals surface area contributed by atoms with Crippen molar-refractivity contribution in [2.75, 3.05) is 11.9 Å². The lowest BCUT2D eigenvalue weighted by atomic mass is 9.95. The lowest BCUT2D eigenvalue weighted by molar-refractivity contribution is 0.126. The van der Waals surface area contributed by atoms with Crippen LogP contribution in [0.25, 0.3) is 10.8 Å². The maximum Gasteiger partial charge on any atom is 0.322 e. The van der Waals surface area contributed by atoms with Gasteiger partial charge in [0.2, 0.25) is 0 Å². The maximum atomic E-state index is 12.6. The van der Waals surface area contributed by atoms with Gasteiger partial charge in [-0.1, -0.05) is 42.5 Å². The van der Waals surface area contributed by atoms with Gasteiger partial charge in [0.15, 0.2) is 0 Å². The Bertz CT molecular complexity index is 842. The second kappa shape index (κ2) is 5.72. The second-order valence-electron chi connectivity index (χ2n) is 5.74. The van der Waals surface area contributed by atoms with Crippen molar-refractivity contribution in [2.45, 2.75) is 12.5 Å². The minimum atomic E-state index is -0.0468. The Labute approximate surface area is 134 Å². The van der Waals surface area contributed by atoms with Gasteiger partial charge in [0.05, 0.1) is 11.7 Å². The van der Waals surface area contributed by atoms with Crippen LogP contribution >= 0.6 is 0 Å². The van der Waals surface area contributed by atoms with Crippen LogP contribution in [-0.2, 0) is 0 Å². The van der Waals surface area contributed by atoms with Crippen molar-refractivity contribution in [3.63, 3.8) is 0 Å². The molecular formula is C19H17N3O. The number of urea groups is 1. The van der Waals surface area contributed by atoms with Crippen molar-refractivity contribution in [2.24, 2.45) is 0 Å². The number of anilines is 1. The summed E-state index contributed by atoms with van der Waals surface area (Å²) in [5.41, 5.74) is 2.02. The predicted molar refractivity (Wildman–Crippen MR) is 91.3 cm³/mol. The predicted octanol–water partition coefficient (Wildman–Crippen LogP) is 4.21. The van der Waals surface area contributed by atoms with Gasteiger partial charge in [-0.2, -0.15) is 0 Å². The van der Waals surface area contributed by atoms with Crippen LogP contribution < -0.4 is 5.32 Å². The molecule has 1 aliphatic rings. The lowest BCUT2D eigenvalue weighted by Crippen LogP contribution is -2.47. The maximum absolute atomic E-state index is 12.6. The molecule has 4 rings (SSSR count). The molecule has 1 aromatic heterocycles. The molecule has 0 spiro atoms. The zero-order valence-electron chi connectivity index (χ0n) is 12.6. The summed E-state index contributed by atoms with van der Waals surface area (Å²) in [6.45, 7) is 0.789. The molecule has 1 aliphatic heterocycles. The number of hydrogen-bond donors (Lipinski definition) is 1. The molecule has 3 aromatic rings. The summed E-state index contributed by atoms with van der Waals surface area (Å²) < 4.78 is 0. The molecule has 0 unspecified atom stereocenters. The number of hydrogen-bond acceptors (Lipinski definition) is 2. The van der Waals surface area contributed by atoms with Gasteiger partial charge in [-0.05, 0) is 24.1 Å². The highest BCUT2D eigenvalue weighted by molar-refractivity contribution is 6.01. The number of carbonyl (C=O) groups excluding carboxylic acids is 1. The zero-order chi connectivity index (χ0) is 15.6. The van der Waals surface area contributed by atoms with Crippen molar-refractivity contribution in [3.8, 4) is 0 Å². The number of rotatable bonds is 2. The first-order chi connectivity index (χ1) is 11.3. The average molecular weight is 303 g/mol. The van der Waals surface area contributed by atoms with Crippen LogP contribution in [0.3, 0.4) is 0 Å². The number of nitrogens with zero attached hydrogens (tertiary/aromatic N) is 2. The number of aromatic nitrogens is 1. The van der Waals surface area contributed by atoms with Crippen LogP contribution in [0.5, 0.6) is 0 Å². The normalized spacial score (nSPS) is 16.9. The molecule has 2 heterocycles. The standard InChI is InChI=1S/C19H17N3O/c23-19(22-12-10-18(22)14-5-2-1-3-6-14)21-17-8-4-7-15-13-20-11-9-16(15)17/h1-9,11,13,18H,10,12H2,(H,21,23)/t18-/m1/s1. The highest BCUT2D eigenvalue weighted by Crippen LogP contribution is 2.34. The molecule has 4 nitrogen and oxygen atoms in total. The number of nitrogens with one attached hydrogen (secondary N) is 1. The van der Waals surface area contributed by atoms with E-state index in [0.29, 0.717) is 0 Å². The fourth-order valence-electron chi connectivity index (χ4n) is 3.07. The first kappa shape index (κ1) is 13.8. The number of pyridine rings is 1. The Hall–Kier alpha value is -2.88. The fraction of sp³-hybridized carbons (Fsp3) is 0.158. The van der Waals surface area contributed by atoms with Crippen LogP contribution in [0, 0.1) is 0 Å². The number of amides is 2. The van der Waals surface area contributed by atoms with Gasteiger partial charge in [0.25, 0.3) is 0 Å². The van der Waals surface area contributed by atoms with Gasteiger partial charge in [-0.3, -0.25) is 4.98 Å². The highest BCUT2D eigenvalue weighted by atomic mass is 16.2. The lowest BCUT2D eigenvalue weighted by Gasteiger charge is -2.41. The summed E-state index contributed by atoms with van der Waals surface area (Å²) in [4.78, 5) is 18.6. The molecule has 1 N–H and O–H groups in total. The van der Waals surface area contributed by atoms with Gasteiger partial charge in [-0.15, -0.1) is 0 Å². The van der Waals surface area contributed by atoms with Crippen LogP contribution in [0.15, 0.2) is 67.0 Å². The Balaban J connectivity index is 1.56.